The predicted octanol–water partition coefficient (Wildman–Crippen LogP) is 9.45. The SMILES string of the molecule is CC1(C)OB(c2ccc3c(c2)C2(c4cc(B5OC(C)(C)C(C)(C)O5)ccc4-c4ccccc4-3)c3ccccc3-c3c2ccc2ccccc32)OC1(C)C. The van der Waals surface area contributed by atoms with E-state index in [1.807, 2.05) is 0 Å². The summed E-state index contributed by atoms with van der Waals surface area (Å²) >= 11 is 0. The van der Waals surface area contributed by atoms with Gasteiger partial charge in [-0.05, 0) is 133 Å². The zero-order valence-electron chi connectivity index (χ0n) is 31.8. The van der Waals surface area contributed by atoms with Crippen LogP contribution in [0.1, 0.15) is 77.6 Å². The summed E-state index contributed by atoms with van der Waals surface area (Å²) in [6, 6.07) is 45.1. The van der Waals surface area contributed by atoms with Crippen molar-refractivity contribution in [2.45, 2.75) is 83.2 Å². The molecule has 53 heavy (non-hydrogen) atoms. The Morgan fingerprint density at radius 3 is 1.36 bits per heavy atom. The van der Waals surface area contributed by atoms with Gasteiger partial charge in [0, 0.05) is 0 Å². The molecule has 262 valence electrons. The van der Waals surface area contributed by atoms with Crippen molar-refractivity contribution in [3.8, 4) is 33.4 Å². The number of benzene rings is 6. The van der Waals surface area contributed by atoms with Crippen LogP contribution in [0.3, 0.4) is 0 Å². The Morgan fingerprint density at radius 1 is 0.377 bits per heavy atom. The van der Waals surface area contributed by atoms with Crippen LogP contribution in [0.25, 0.3) is 44.2 Å². The third kappa shape index (κ3) is 4.41. The smallest absolute Gasteiger partial charge is 0.399 e. The maximum Gasteiger partial charge on any atom is 0.494 e. The Morgan fingerprint density at radius 2 is 0.830 bits per heavy atom. The Kier molecular flexibility index (Phi) is 6.77. The average molecular weight is 694 g/mol. The average Bonchev–Trinajstić information content (AvgIpc) is 3.62. The van der Waals surface area contributed by atoms with Crippen molar-refractivity contribution < 1.29 is 18.6 Å². The van der Waals surface area contributed by atoms with Crippen LogP contribution < -0.4 is 10.9 Å². The van der Waals surface area contributed by atoms with E-state index in [2.05, 4.69) is 177 Å². The zero-order chi connectivity index (χ0) is 36.7. The van der Waals surface area contributed by atoms with Crippen molar-refractivity contribution in [3.63, 3.8) is 0 Å². The molecule has 4 nitrogen and oxygen atoms in total. The first-order chi connectivity index (χ1) is 25.2. The molecule has 0 radical (unpaired) electrons. The van der Waals surface area contributed by atoms with Gasteiger partial charge in [0.25, 0.3) is 0 Å². The minimum atomic E-state index is -0.695. The molecule has 2 fully saturated rings. The highest BCUT2D eigenvalue weighted by molar-refractivity contribution is 6.62. The molecule has 2 heterocycles. The van der Waals surface area contributed by atoms with Crippen molar-refractivity contribution in [1.82, 2.24) is 0 Å². The maximum atomic E-state index is 6.73. The second-order valence-electron chi connectivity index (χ2n) is 17.3. The van der Waals surface area contributed by atoms with Crippen LogP contribution in [0, 0.1) is 0 Å². The normalized spacial score (nSPS) is 20.5. The summed E-state index contributed by atoms with van der Waals surface area (Å²) < 4.78 is 26.9. The summed E-state index contributed by atoms with van der Waals surface area (Å²) in [6.07, 6.45) is 0. The first-order valence-corrected chi connectivity index (χ1v) is 19.0. The van der Waals surface area contributed by atoms with Crippen LogP contribution in [0.15, 0.2) is 121 Å². The molecule has 0 N–H and O–H groups in total. The van der Waals surface area contributed by atoms with Crippen molar-refractivity contribution in [2.75, 3.05) is 0 Å². The molecule has 2 aliphatic carbocycles. The lowest BCUT2D eigenvalue weighted by Gasteiger charge is -2.36. The fourth-order valence-electron chi connectivity index (χ4n) is 9.19. The summed E-state index contributed by atoms with van der Waals surface area (Å²) in [5.74, 6) is 0. The summed E-state index contributed by atoms with van der Waals surface area (Å²) in [5.41, 5.74) is 11.8. The molecule has 0 unspecified atom stereocenters. The summed E-state index contributed by atoms with van der Waals surface area (Å²) in [4.78, 5) is 0. The topological polar surface area (TPSA) is 36.9 Å². The molecule has 6 aromatic carbocycles. The molecular formula is C47H44B2O4. The van der Waals surface area contributed by atoms with Gasteiger partial charge in [-0.25, -0.2) is 0 Å². The van der Waals surface area contributed by atoms with Gasteiger partial charge in [-0.3, -0.25) is 0 Å². The van der Waals surface area contributed by atoms with Gasteiger partial charge < -0.3 is 18.6 Å². The van der Waals surface area contributed by atoms with Crippen LogP contribution in [0.2, 0.25) is 0 Å². The quantitative estimate of drug-likeness (QED) is 0.169. The van der Waals surface area contributed by atoms with E-state index in [0.29, 0.717) is 0 Å². The van der Waals surface area contributed by atoms with E-state index in [-0.39, 0.29) is 0 Å². The molecular weight excluding hydrogens is 650 g/mol. The molecule has 0 atom stereocenters. The monoisotopic (exact) mass is 694 g/mol. The summed E-state index contributed by atoms with van der Waals surface area (Å²) in [5, 5.41) is 2.48. The van der Waals surface area contributed by atoms with E-state index in [4.69, 9.17) is 18.6 Å². The molecule has 10 rings (SSSR count). The predicted molar refractivity (Wildman–Crippen MR) is 217 cm³/mol. The molecule has 2 aliphatic heterocycles. The molecule has 1 spiro atoms. The molecule has 0 saturated carbocycles. The van der Waals surface area contributed by atoms with Gasteiger partial charge in [-0.2, -0.15) is 0 Å². The molecule has 0 aromatic heterocycles. The van der Waals surface area contributed by atoms with Crippen LogP contribution in [0.4, 0.5) is 0 Å². The van der Waals surface area contributed by atoms with E-state index in [1.54, 1.807) is 0 Å². The van der Waals surface area contributed by atoms with E-state index in [0.717, 1.165) is 10.9 Å². The number of rotatable bonds is 2. The van der Waals surface area contributed by atoms with Crippen LogP contribution in [0.5, 0.6) is 0 Å². The highest BCUT2D eigenvalue weighted by Gasteiger charge is 2.55. The second-order valence-corrected chi connectivity index (χ2v) is 17.3. The van der Waals surface area contributed by atoms with Crippen molar-refractivity contribution >= 4 is 35.9 Å². The lowest BCUT2D eigenvalue weighted by Crippen LogP contribution is -2.41. The fourth-order valence-corrected chi connectivity index (χ4v) is 9.19. The van der Waals surface area contributed by atoms with E-state index in [9.17, 15) is 0 Å². The molecule has 0 amide bonds. The van der Waals surface area contributed by atoms with Crippen molar-refractivity contribution in [1.29, 1.82) is 0 Å². The highest BCUT2D eigenvalue weighted by atomic mass is 16.7. The van der Waals surface area contributed by atoms with E-state index in [1.165, 1.54) is 66.4 Å². The maximum absolute atomic E-state index is 6.73. The van der Waals surface area contributed by atoms with Gasteiger partial charge in [0.05, 0.1) is 27.8 Å². The van der Waals surface area contributed by atoms with Gasteiger partial charge in [0.15, 0.2) is 0 Å². The first kappa shape index (κ1) is 33.1. The Hall–Kier alpha value is -4.45. The van der Waals surface area contributed by atoms with Gasteiger partial charge in [-0.15, -0.1) is 0 Å². The van der Waals surface area contributed by atoms with Gasteiger partial charge in [0.1, 0.15) is 0 Å². The molecule has 6 heteroatoms. The standard InChI is InChI=1S/C47H44B2O4/c1-43(2)44(3,4)51-48(50-43)30-22-24-35-33-17-11-12-18-34(33)36-25-23-31(49-52-45(5,6)46(7,8)53-49)28-41(36)47(40(35)27-30)38-20-14-13-19-37(38)42-32-16-10-9-15-29(32)21-26-39(42)47/h9-28H,1-8H3. The minimum Gasteiger partial charge on any atom is -0.399 e. The zero-order valence-corrected chi connectivity index (χ0v) is 31.8. The second kappa shape index (κ2) is 10.8. The van der Waals surface area contributed by atoms with Gasteiger partial charge in [-0.1, -0.05) is 121 Å². The third-order valence-electron chi connectivity index (χ3n) is 13.4. The largest absolute Gasteiger partial charge is 0.494 e. The third-order valence-corrected chi connectivity index (χ3v) is 13.4. The van der Waals surface area contributed by atoms with Gasteiger partial charge in [0.2, 0.25) is 0 Å². The fraction of sp³-hybridized carbons (Fsp3) is 0.277. The summed E-state index contributed by atoms with van der Waals surface area (Å²) in [6.45, 7) is 17.0. The molecule has 6 aromatic rings. The minimum absolute atomic E-state index is 0.468. The van der Waals surface area contributed by atoms with Crippen LogP contribution >= 0.6 is 0 Å². The number of fused-ring (bicyclic) bond motifs is 14. The Bertz CT molecular complexity index is 2370. The van der Waals surface area contributed by atoms with E-state index < -0.39 is 42.1 Å². The lowest BCUT2D eigenvalue weighted by atomic mass is 9.63. The Labute approximate surface area is 313 Å². The lowest BCUT2D eigenvalue weighted by molar-refractivity contribution is 0.00578. The van der Waals surface area contributed by atoms with E-state index >= 15 is 0 Å². The molecule has 2 saturated heterocycles. The summed E-state index contributed by atoms with van der Waals surface area (Å²) in [7, 11) is -1.02. The first-order valence-electron chi connectivity index (χ1n) is 19.0. The van der Waals surface area contributed by atoms with Crippen molar-refractivity contribution in [3.05, 3.63) is 144 Å². The molecule has 4 aliphatic rings. The van der Waals surface area contributed by atoms with Crippen LogP contribution in [-0.2, 0) is 24.0 Å². The van der Waals surface area contributed by atoms with Gasteiger partial charge >= 0.3 is 14.2 Å². The molecule has 0 bridgehead atoms. The van der Waals surface area contributed by atoms with Crippen molar-refractivity contribution in [2.24, 2.45) is 0 Å². The number of hydrogen-bond donors (Lipinski definition) is 0. The Balaban J connectivity index is 1.34. The van der Waals surface area contributed by atoms with Crippen LogP contribution in [-0.4, -0.2) is 36.6 Å². The highest BCUT2D eigenvalue weighted by Crippen LogP contribution is 2.62. The number of hydrogen-bond acceptors (Lipinski definition) is 4.